The Kier molecular flexibility index (Phi) is 6.22. The van der Waals surface area contributed by atoms with Gasteiger partial charge in [-0.1, -0.05) is 49.3 Å². The third-order valence-electron chi connectivity index (χ3n) is 5.90. The first-order valence-corrected chi connectivity index (χ1v) is 10.9. The predicted octanol–water partition coefficient (Wildman–Crippen LogP) is 3.34. The quantitative estimate of drug-likeness (QED) is 0.650. The van der Waals surface area contributed by atoms with Gasteiger partial charge in [-0.3, -0.25) is 14.4 Å². The molecule has 7 heteroatoms. The number of fused-ring (bicyclic) bond motifs is 1. The molecule has 3 N–H and O–H groups in total. The molecule has 3 amide bonds. The molecule has 0 bridgehead atoms. The Morgan fingerprint density at radius 3 is 2.62 bits per heavy atom. The number of carbonyl (C=O) groups is 3. The molecule has 1 aromatic heterocycles. The third-order valence-corrected chi connectivity index (χ3v) is 5.90. The number of amides is 3. The van der Waals surface area contributed by atoms with Crippen molar-refractivity contribution >= 4 is 29.2 Å². The molecule has 164 valence electrons. The Morgan fingerprint density at radius 2 is 1.91 bits per heavy atom. The molecular formula is C25H26N4O3. The molecule has 2 aromatic rings. The van der Waals surface area contributed by atoms with Crippen LogP contribution in [-0.2, 0) is 14.4 Å². The van der Waals surface area contributed by atoms with Gasteiger partial charge >= 0.3 is 0 Å². The van der Waals surface area contributed by atoms with Crippen LogP contribution >= 0.6 is 0 Å². The van der Waals surface area contributed by atoms with Gasteiger partial charge in [-0.05, 0) is 36.6 Å². The number of hydrogen-bond donors (Lipinski definition) is 3. The van der Waals surface area contributed by atoms with Crippen molar-refractivity contribution in [3.05, 3.63) is 53.7 Å². The first kappa shape index (κ1) is 21.6. The number of carbonyl (C=O) groups excluding carboxylic acids is 3. The summed E-state index contributed by atoms with van der Waals surface area (Å²) in [5.74, 6) is 5.90. The number of nitrogens with zero attached hydrogens (tertiary/aromatic N) is 1. The lowest BCUT2D eigenvalue weighted by atomic mass is 9.80. The number of aromatic nitrogens is 1. The Morgan fingerprint density at radius 1 is 1.12 bits per heavy atom. The molecule has 1 aliphatic carbocycles. The van der Waals surface area contributed by atoms with Crippen molar-refractivity contribution in [2.45, 2.75) is 56.9 Å². The van der Waals surface area contributed by atoms with Gasteiger partial charge in [0.25, 0.3) is 0 Å². The number of hydrogen-bond acceptors (Lipinski definition) is 4. The van der Waals surface area contributed by atoms with Gasteiger partial charge in [-0.15, -0.1) is 0 Å². The maximum absolute atomic E-state index is 13.3. The number of benzene rings is 1. The fourth-order valence-electron chi connectivity index (χ4n) is 4.32. The van der Waals surface area contributed by atoms with Gasteiger partial charge in [0.15, 0.2) is 0 Å². The van der Waals surface area contributed by atoms with Crippen molar-refractivity contribution < 1.29 is 14.4 Å². The molecule has 0 spiro atoms. The molecule has 4 rings (SSSR count). The van der Waals surface area contributed by atoms with Gasteiger partial charge < -0.3 is 16.0 Å². The van der Waals surface area contributed by atoms with Crippen molar-refractivity contribution in [1.82, 2.24) is 10.3 Å². The van der Waals surface area contributed by atoms with Gasteiger partial charge in [0.05, 0.1) is 5.92 Å². The van der Waals surface area contributed by atoms with Crippen molar-refractivity contribution in [2.75, 3.05) is 10.6 Å². The fraction of sp³-hybridized carbons (Fsp3) is 0.360. The van der Waals surface area contributed by atoms with E-state index in [2.05, 4.69) is 32.8 Å². The summed E-state index contributed by atoms with van der Waals surface area (Å²) in [6.07, 6.45) is 6.35. The summed E-state index contributed by atoms with van der Waals surface area (Å²) in [6.45, 7) is 1.43. The number of anilines is 2. The number of para-hydroxylation sites is 1. The summed E-state index contributed by atoms with van der Waals surface area (Å²) in [4.78, 5) is 40.9. The van der Waals surface area contributed by atoms with E-state index in [1.165, 1.54) is 6.92 Å². The van der Waals surface area contributed by atoms with E-state index in [1.807, 2.05) is 24.3 Å². The van der Waals surface area contributed by atoms with Gasteiger partial charge in [0.1, 0.15) is 11.4 Å². The second-order valence-electron chi connectivity index (χ2n) is 8.39. The van der Waals surface area contributed by atoms with Gasteiger partial charge in [-0.2, -0.15) is 0 Å². The van der Waals surface area contributed by atoms with Crippen LogP contribution in [0.4, 0.5) is 11.5 Å². The lowest BCUT2D eigenvalue weighted by Crippen LogP contribution is -2.51. The van der Waals surface area contributed by atoms with E-state index < -0.39 is 11.5 Å². The highest BCUT2D eigenvalue weighted by atomic mass is 16.2. The Labute approximate surface area is 187 Å². The first-order chi connectivity index (χ1) is 15.4. The Hall–Kier alpha value is -3.66. The number of pyridine rings is 1. The van der Waals surface area contributed by atoms with Crippen molar-refractivity contribution in [1.29, 1.82) is 0 Å². The summed E-state index contributed by atoms with van der Waals surface area (Å²) in [5, 5.41) is 8.67. The summed E-state index contributed by atoms with van der Waals surface area (Å²) in [7, 11) is 0. The summed E-state index contributed by atoms with van der Waals surface area (Å²) < 4.78 is 0. The van der Waals surface area contributed by atoms with E-state index >= 15 is 0 Å². The highest BCUT2D eigenvalue weighted by Crippen LogP contribution is 2.34. The molecule has 0 unspecified atom stereocenters. The fourth-order valence-corrected chi connectivity index (χ4v) is 4.32. The number of rotatable bonds is 3. The lowest BCUT2D eigenvalue weighted by Gasteiger charge is -2.35. The van der Waals surface area contributed by atoms with E-state index in [-0.39, 0.29) is 24.1 Å². The molecule has 0 saturated heterocycles. The summed E-state index contributed by atoms with van der Waals surface area (Å²) in [6, 6.07) is 10.9. The Bertz CT molecular complexity index is 1090. The van der Waals surface area contributed by atoms with Crippen LogP contribution in [0.2, 0.25) is 0 Å². The molecule has 1 aromatic carbocycles. The van der Waals surface area contributed by atoms with E-state index in [1.54, 1.807) is 18.3 Å². The maximum Gasteiger partial charge on any atom is 0.229 e. The van der Waals surface area contributed by atoms with Crippen LogP contribution in [0.1, 0.15) is 62.5 Å². The largest absolute Gasteiger partial charge is 0.339 e. The lowest BCUT2D eigenvalue weighted by molar-refractivity contribution is -0.127. The van der Waals surface area contributed by atoms with Crippen LogP contribution in [0.15, 0.2) is 42.6 Å². The van der Waals surface area contributed by atoms with Crippen LogP contribution in [0.3, 0.4) is 0 Å². The second-order valence-corrected chi connectivity index (χ2v) is 8.39. The SMILES string of the molecule is CC(=O)Nc1ccc(C#CC2(NC(=O)[C@H]3CC(=O)Nc4ccccc43)CCCCC2)cn1. The summed E-state index contributed by atoms with van der Waals surface area (Å²) in [5.41, 5.74) is 1.61. The van der Waals surface area contributed by atoms with E-state index in [0.717, 1.165) is 37.7 Å². The highest BCUT2D eigenvalue weighted by Gasteiger charge is 2.37. The van der Waals surface area contributed by atoms with Crippen molar-refractivity contribution in [3.8, 4) is 11.8 Å². The Balaban J connectivity index is 1.56. The van der Waals surface area contributed by atoms with Crippen LogP contribution < -0.4 is 16.0 Å². The van der Waals surface area contributed by atoms with Crippen LogP contribution in [0.5, 0.6) is 0 Å². The molecular weight excluding hydrogens is 404 g/mol. The van der Waals surface area contributed by atoms with Gasteiger partial charge in [0.2, 0.25) is 17.7 Å². The maximum atomic E-state index is 13.3. The molecule has 1 aliphatic heterocycles. The molecule has 2 aliphatic rings. The van der Waals surface area contributed by atoms with Crippen LogP contribution in [-0.4, -0.2) is 28.2 Å². The minimum absolute atomic E-state index is 0.126. The minimum Gasteiger partial charge on any atom is -0.339 e. The molecule has 1 saturated carbocycles. The number of nitrogens with one attached hydrogen (secondary N) is 3. The molecule has 1 fully saturated rings. The van der Waals surface area contributed by atoms with Crippen molar-refractivity contribution in [2.24, 2.45) is 0 Å². The molecule has 7 nitrogen and oxygen atoms in total. The van der Waals surface area contributed by atoms with Gasteiger partial charge in [-0.25, -0.2) is 4.98 Å². The average Bonchev–Trinajstić information content (AvgIpc) is 2.78. The molecule has 32 heavy (non-hydrogen) atoms. The highest BCUT2D eigenvalue weighted by molar-refractivity contribution is 6.01. The van der Waals surface area contributed by atoms with E-state index in [4.69, 9.17) is 0 Å². The molecule has 1 atom stereocenters. The summed E-state index contributed by atoms with van der Waals surface area (Å²) >= 11 is 0. The second kappa shape index (κ2) is 9.23. The average molecular weight is 431 g/mol. The van der Waals surface area contributed by atoms with E-state index in [9.17, 15) is 14.4 Å². The van der Waals surface area contributed by atoms with Crippen LogP contribution in [0, 0.1) is 11.8 Å². The zero-order valence-electron chi connectivity index (χ0n) is 18.0. The predicted molar refractivity (Wildman–Crippen MR) is 122 cm³/mol. The zero-order valence-corrected chi connectivity index (χ0v) is 18.0. The normalized spacial score (nSPS) is 18.9. The monoisotopic (exact) mass is 430 g/mol. The smallest absolute Gasteiger partial charge is 0.229 e. The standard InChI is InChI=1S/C25H26N4O3/c1-17(30)27-22-10-9-18(16-26-22)11-14-25(12-5-2-6-13-25)29-24(32)20-15-23(31)28-21-8-4-3-7-19(20)21/h3-4,7-10,16,20H,2,5-6,12-13,15H2,1H3,(H,28,31)(H,29,32)(H,26,27,30)/t20-/m0/s1. The van der Waals surface area contributed by atoms with Crippen LogP contribution in [0.25, 0.3) is 0 Å². The zero-order chi connectivity index (χ0) is 22.6. The molecule has 2 heterocycles. The van der Waals surface area contributed by atoms with Gasteiger partial charge in [0, 0.05) is 30.8 Å². The third kappa shape index (κ3) is 4.97. The first-order valence-electron chi connectivity index (χ1n) is 10.9. The molecule has 0 radical (unpaired) electrons. The topological polar surface area (TPSA) is 100 Å². The van der Waals surface area contributed by atoms with E-state index in [0.29, 0.717) is 17.1 Å². The van der Waals surface area contributed by atoms with Crippen molar-refractivity contribution in [3.63, 3.8) is 0 Å². The minimum atomic E-state index is -0.630.